The molecule has 1 atom stereocenters. The molecule has 156 valence electrons. The third-order valence-corrected chi connectivity index (χ3v) is 6.18. The lowest BCUT2D eigenvalue weighted by molar-refractivity contribution is -0.385. The first-order chi connectivity index (χ1) is 14.9. The zero-order valence-electron chi connectivity index (χ0n) is 16.4. The summed E-state index contributed by atoms with van der Waals surface area (Å²) in [6, 6.07) is 16.1. The van der Waals surface area contributed by atoms with Crippen LogP contribution in [0.25, 0.3) is 20.2 Å². The minimum Gasteiger partial charge on any atom is -0.423 e. The molecule has 1 heterocycles. The summed E-state index contributed by atoms with van der Waals surface area (Å²) in [4.78, 5) is 36.2. The number of esters is 1. The van der Waals surface area contributed by atoms with E-state index in [1.54, 1.807) is 31.2 Å². The molecule has 0 saturated carbocycles. The standard InChI is InChI=1S/C23H17NO6S/c1-13(12-25)16-8-6-14(10-19(16)24(28)29)23(27)30-15-7-9-21-18(11-15)22(26)17-4-2-3-5-20(17)31-21/h2-11,13,25H,12H2,1H3. The fraction of sp³-hybridized carbons (Fsp3) is 0.130. The van der Waals surface area contributed by atoms with Gasteiger partial charge in [0.25, 0.3) is 5.69 Å². The molecule has 0 aliphatic rings. The zero-order valence-corrected chi connectivity index (χ0v) is 17.2. The number of hydrogen-bond acceptors (Lipinski definition) is 7. The number of ether oxygens (including phenoxy) is 1. The third-order valence-electron chi connectivity index (χ3n) is 5.03. The van der Waals surface area contributed by atoms with Crippen LogP contribution in [0.5, 0.6) is 5.75 Å². The minimum absolute atomic E-state index is 0.00403. The van der Waals surface area contributed by atoms with E-state index in [9.17, 15) is 24.8 Å². The van der Waals surface area contributed by atoms with Crippen molar-refractivity contribution in [2.45, 2.75) is 12.8 Å². The highest BCUT2D eigenvalue weighted by molar-refractivity contribution is 7.24. The Morgan fingerprint density at radius 3 is 2.58 bits per heavy atom. The Kier molecular flexibility index (Phi) is 5.50. The van der Waals surface area contributed by atoms with Gasteiger partial charge in [-0.3, -0.25) is 14.9 Å². The largest absolute Gasteiger partial charge is 0.423 e. The van der Waals surface area contributed by atoms with E-state index in [0.717, 1.165) is 15.5 Å². The Labute approximate surface area is 180 Å². The predicted octanol–water partition coefficient (Wildman–Crippen LogP) is 4.64. The van der Waals surface area contributed by atoms with Gasteiger partial charge in [0.05, 0.1) is 10.5 Å². The fourth-order valence-corrected chi connectivity index (χ4v) is 4.41. The summed E-state index contributed by atoms with van der Waals surface area (Å²) >= 11 is 1.47. The maximum atomic E-state index is 12.8. The van der Waals surface area contributed by atoms with Crippen LogP contribution in [0.3, 0.4) is 0 Å². The molecule has 0 aliphatic carbocycles. The van der Waals surface area contributed by atoms with Crippen LogP contribution in [0.15, 0.2) is 65.5 Å². The first kappa shape index (κ1) is 20.6. The molecular formula is C23H17NO6S. The molecule has 0 bridgehead atoms. The maximum Gasteiger partial charge on any atom is 0.343 e. The monoisotopic (exact) mass is 435 g/mol. The first-order valence-electron chi connectivity index (χ1n) is 9.46. The SMILES string of the molecule is CC(CO)c1ccc(C(=O)Oc2ccc3sc4ccccc4c(=O)c3c2)cc1[N+](=O)[O-]. The Morgan fingerprint density at radius 1 is 1.10 bits per heavy atom. The second-order valence-electron chi connectivity index (χ2n) is 7.09. The molecule has 0 radical (unpaired) electrons. The minimum atomic E-state index is -0.775. The van der Waals surface area contributed by atoms with E-state index in [1.165, 1.54) is 29.5 Å². The summed E-state index contributed by atoms with van der Waals surface area (Å²) in [6.07, 6.45) is 0. The van der Waals surface area contributed by atoms with Crippen LogP contribution >= 0.6 is 11.3 Å². The van der Waals surface area contributed by atoms with Crippen LogP contribution in [0.2, 0.25) is 0 Å². The first-order valence-corrected chi connectivity index (χ1v) is 10.3. The summed E-state index contributed by atoms with van der Waals surface area (Å²) in [5, 5.41) is 21.7. The lowest BCUT2D eigenvalue weighted by Crippen LogP contribution is -2.11. The average molecular weight is 435 g/mol. The highest BCUT2D eigenvalue weighted by Gasteiger charge is 2.22. The van der Waals surface area contributed by atoms with Crippen molar-refractivity contribution in [1.29, 1.82) is 0 Å². The van der Waals surface area contributed by atoms with Crippen molar-refractivity contribution in [2.75, 3.05) is 6.61 Å². The molecule has 1 N–H and O–H groups in total. The molecule has 1 aromatic heterocycles. The average Bonchev–Trinajstić information content (AvgIpc) is 2.78. The number of nitrogens with zero attached hydrogens (tertiary/aromatic N) is 1. The number of nitro groups is 1. The van der Waals surface area contributed by atoms with Crippen LogP contribution in [0, 0.1) is 10.1 Å². The summed E-state index contributed by atoms with van der Waals surface area (Å²) in [5.41, 5.74) is -0.0756. The number of aliphatic hydroxyl groups excluding tert-OH is 1. The molecule has 31 heavy (non-hydrogen) atoms. The molecule has 7 nitrogen and oxygen atoms in total. The number of aliphatic hydroxyl groups is 1. The number of hydrogen-bond donors (Lipinski definition) is 1. The van der Waals surface area contributed by atoms with E-state index < -0.39 is 16.8 Å². The van der Waals surface area contributed by atoms with Crippen LogP contribution in [0.1, 0.15) is 28.8 Å². The Bertz CT molecular complexity index is 1390. The van der Waals surface area contributed by atoms with Crippen molar-refractivity contribution in [3.05, 3.63) is 92.1 Å². The molecule has 1 unspecified atom stereocenters. The molecule has 3 aromatic carbocycles. The van der Waals surface area contributed by atoms with Crippen molar-refractivity contribution in [1.82, 2.24) is 0 Å². The molecule has 0 aliphatic heterocycles. The van der Waals surface area contributed by atoms with E-state index >= 15 is 0 Å². The zero-order chi connectivity index (χ0) is 22.1. The molecule has 4 aromatic rings. The van der Waals surface area contributed by atoms with Gasteiger partial charge in [0, 0.05) is 44.3 Å². The van der Waals surface area contributed by atoms with Crippen molar-refractivity contribution in [3.63, 3.8) is 0 Å². The highest BCUT2D eigenvalue weighted by atomic mass is 32.1. The highest BCUT2D eigenvalue weighted by Crippen LogP contribution is 2.30. The van der Waals surface area contributed by atoms with Gasteiger partial charge in [0.2, 0.25) is 0 Å². The topological polar surface area (TPSA) is 107 Å². The number of rotatable bonds is 5. The lowest BCUT2D eigenvalue weighted by Gasteiger charge is -2.10. The molecule has 8 heteroatoms. The molecule has 0 amide bonds. The van der Waals surface area contributed by atoms with Crippen molar-refractivity contribution in [2.24, 2.45) is 0 Å². The van der Waals surface area contributed by atoms with E-state index in [1.807, 2.05) is 12.1 Å². The molecular weight excluding hydrogens is 418 g/mol. The lowest BCUT2D eigenvalue weighted by atomic mass is 9.98. The second-order valence-corrected chi connectivity index (χ2v) is 8.17. The quantitative estimate of drug-likeness (QED) is 0.161. The van der Waals surface area contributed by atoms with Crippen molar-refractivity contribution < 1.29 is 19.6 Å². The van der Waals surface area contributed by atoms with Crippen molar-refractivity contribution >= 4 is 43.2 Å². The van der Waals surface area contributed by atoms with Gasteiger partial charge in [0.15, 0.2) is 5.43 Å². The number of carbonyl (C=O) groups excluding carboxylic acids is 1. The Morgan fingerprint density at radius 2 is 1.84 bits per heavy atom. The summed E-state index contributed by atoms with van der Waals surface area (Å²) in [7, 11) is 0. The third kappa shape index (κ3) is 3.90. The van der Waals surface area contributed by atoms with Crippen molar-refractivity contribution in [3.8, 4) is 5.75 Å². The Hall–Kier alpha value is -3.62. The van der Waals surface area contributed by atoms with Crippen LogP contribution in [-0.4, -0.2) is 22.6 Å². The van der Waals surface area contributed by atoms with E-state index in [-0.39, 0.29) is 29.0 Å². The van der Waals surface area contributed by atoms with E-state index in [2.05, 4.69) is 0 Å². The molecule has 0 fully saturated rings. The number of nitro benzene ring substituents is 1. The van der Waals surface area contributed by atoms with Gasteiger partial charge in [-0.05, 0) is 36.4 Å². The van der Waals surface area contributed by atoms with Gasteiger partial charge in [-0.15, -0.1) is 11.3 Å². The van der Waals surface area contributed by atoms with Gasteiger partial charge in [-0.1, -0.05) is 25.1 Å². The Balaban J connectivity index is 1.69. The van der Waals surface area contributed by atoms with E-state index in [4.69, 9.17) is 4.74 Å². The van der Waals surface area contributed by atoms with Gasteiger partial charge in [0.1, 0.15) is 5.75 Å². The summed E-state index contributed by atoms with van der Waals surface area (Å²) in [5.74, 6) is -1.05. The second kappa shape index (κ2) is 8.25. The smallest absolute Gasteiger partial charge is 0.343 e. The van der Waals surface area contributed by atoms with Gasteiger partial charge < -0.3 is 9.84 Å². The van der Waals surface area contributed by atoms with Gasteiger partial charge in [-0.2, -0.15) is 0 Å². The maximum absolute atomic E-state index is 12.8. The number of fused-ring (bicyclic) bond motifs is 2. The predicted molar refractivity (Wildman–Crippen MR) is 119 cm³/mol. The van der Waals surface area contributed by atoms with Crippen LogP contribution in [0.4, 0.5) is 5.69 Å². The van der Waals surface area contributed by atoms with Crippen LogP contribution in [-0.2, 0) is 0 Å². The van der Waals surface area contributed by atoms with Gasteiger partial charge in [-0.25, -0.2) is 4.79 Å². The molecule has 0 spiro atoms. The van der Waals surface area contributed by atoms with Gasteiger partial charge >= 0.3 is 5.97 Å². The molecule has 4 rings (SSSR count). The molecule has 0 saturated heterocycles. The van der Waals surface area contributed by atoms with E-state index in [0.29, 0.717) is 16.3 Å². The van der Waals surface area contributed by atoms with Crippen LogP contribution < -0.4 is 10.2 Å². The normalized spacial score (nSPS) is 12.1. The number of benzene rings is 3. The fourth-order valence-electron chi connectivity index (χ4n) is 3.36. The summed E-state index contributed by atoms with van der Waals surface area (Å²) in [6.45, 7) is 1.40. The summed E-state index contributed by atoms with van der Waals surface area (Å²) < 4.78 is 7.03. The number of carbonyl (C=O) groups is 1.